The normalized spacial score (nSPS) is 28.7. The third kappa shape index (κ3) is 3.88. The van der Waals surface area contributed by atoms with Gasteiger partial charge in [0.1, 0.15) is 5.82 Å². The number of Topliss-reactive ketones (excluding diaryl/α,β-unsaturated/α-hetero) is 1. The number of aliphatic hydroxyl groups excluding tert-OH is 1. The molecule has 0 radical (unpaired) electrons. The van der Waals surface area contributed by atoms with Gasteiger partial charge in [0.05, 0.1) is 17.4 Å². The first-order valence-electron chi connectivity index (χ1n) is 12.3. The number of benzene rings is 1. The van der Waals surface area contributed by atoms with Crippen molar-refractivity contribution in [3.05, 3.63) is 52.1 Å². The second-order valence-corrected chi connectivity index (χ2v) is 10.7. The van der Waals surface area contributed by atoms with Gasteiger partial charge in [0.2, 0.25) is 0 Å². The molecule has 8 heteroatoms. The molecule has 3 N–H and O–H groups in total. The van der Waals surface area contributed by atoms with E-state index in [4.69, 9.17) is 0 Å². The number of hydrogen-bond acceptors (Lipinski definition) is 4. The van der Waals surface area contributed by atoms with E-state index >= 15 is 0 Å². The minimum atomic E-state index is -0.695. The predicted octanol–water partition coefficient (Wildman–Crippen LogP) is 3.44. The number of aliphatic hydroxyl groups is 1. The number of amides is 2. The summed E-state index contributed by atoms with van der Waals surface area (Å²) in [6.45, 7) is 4.99. The highest BCUT2D eigenvalue weighted by Crippen LogP contribution is 2.53. The molecule has 1 aromatic carbocycles. The molecule has 2 amide bonds. The fraction of sp³-hybridized carbons (Fsp3) is 0.519. The van der Waals surface area contributed by atoms with Crippen LogP contribution in [0.3, 0.4) is 0 Å². The summed E-state index contributed by atoms with van der Waals surface area (Å²) < 4.78 is 15.2. The van der Waals surface area contributed by atoms with Crippen molar-refractivity contribution >= 4 is 23.3 Å². The van der Waals surface area contributed by atoms with Gasteiger partial charge < -0.3 is 20.3 Å². The van der Waals surface area contributed by atoms with Gasteiger partial charge in [0.15, 0.2) is 0 Å². The molecule has 4 fully saturated rings. The van der Waals surface area contributed by atoms with Gasteiger partial charge in [-0.2, -0.15) is 0 Å². The van der Waals surface area contributed by atoms with E-state index in [1.54, 1.807) is 38.5 Å². The van der Waals surface area contributed by atoms with E-state index in [0.717, 1.165) is 25.7 Å². The smallest absolute Gasteiger partial charge is 0.294 e. The number of carbonyl (C=O) groups excluding carboxylic acids is 3. The standard InChI is InChI=1S/C27H32FN3O4/c1-12-7-18(5-6-20(12)28)29-26(34)21-13(2)23(31(4)14(21)3)25(33)27(35)30-22-16-8-15-9-17(11-16)24(32)19(22)10-15/h5-7,15-17,19,22,24,32H,8-11H2,1-4H3,(H,29,34)(H,30,35). The van der Waals surface area contributed by atoms with Crippen molar-refractivity contribution in [3.63, 3.8) is 0 Å². The summed E-state index contributed by atoms with van der Waals surface area (Å²) >= 11 is 0. The van der Waals surface area contributed by atoms with E-state index in [1.807, 2.05) is 0 Å². The molecular weight excluding hydrogens is 449 g/mol. The summed E-state index contributed by atoms with van der Waals surface area (Å²) in [5, 5.41) is 16.4. The van der Waals surface area contributed by atoms with Crippen molar-refractivity contribution in [2.75, 3.05) is 5.32 Å². The Hall–Kier alpha value is -3.00. The van der Waals surface area contributed by atoms with Crippen molar-refractivity contribution < 1.29 is 23.9 Å². The van der Waals surface area contributed by atoms with Crippen LogP contribution in [-0.4, -0.2) is 39.4 Å². The summed E-state index contributed by atoms with van der Waals surface area (Å²) in [6.07, 6.45) is 3.46. The summed E-state index contributed by atoms with van der Waals surface area (Å²) in [5.74, 6) is -0.947. The van der Waals surface area contributed by atoms with E-state index < -0.39 is 23.7 Å². The summed E-state index contributed by atoms with van der Waals surface area (Å²) in [7, 11) is 1.66. The highest BCUT2D eigenvalue weighted by Gasteiger charge is 2.53. The van der Waals surface area contributed by atoms with E-state index in [-0.39, 0.29) is 23.5 Å². The van der Waals surface area contributed by atoms with Gasteiger partial charge in [-0.05, 0) is 93.5 Å². The minimum absolute atomic E-state index is 0.000232. The van der Waals surface area contributed by atoms with Gasteiger partial charge in [-0.15, -0.1) is 0 Å². The maximum Gasteiger partial charge on any atom is 0.294 e. The zero-order chi connectivity index (χ0) is 25.2. The van der Waals surface area contributed by atoms with Crippen LogP contribution in [0, 0.1) is 50.3 Å². The molecule has 1 heterocycles. The topological polar surface area (TPSA) is 100 Å². The van der Waals surface area contributed by atoms with Crippen LogP contribution in [0.5, 0.6) is 0 Å². The lowest BCUT2D eigenvalue weighted by molar-refractivity contribution is -0.131. The number of carbonyl (C=O) groups is 3. The molecule has 6 unspecified atom stereocenters. The summed E-state index contributed by atoms with van der Waals surface area (Å²) in [5.41, 5.74) is 2.32. The monoisotopic (exact) mass is 481 g/mol. The number of halogens is 1. The summed E-state index contributed by atoms with van der Waals surface area (Å²) in [6, 6.07) is 4.11. The summed E-state index contributed by atoms with van der Waals surface area (Å²) in [4.78, 5) is 39.5. The number of hydrogen-bond donors (Lipinski definition) is 3. The molecule has 0 aliphatic heterocycles. The predicted molar refractivity (Wildman–Crippen MR) is 129 cm³/mol. The number of anilines is 1. The molecule has 186 valence electrons. The first-order chi connectivity index (χ1) is 16.6. The third-order valence-corrected chi connectivity index (χ3v) is 8.67. The van der Waals surface area contributed by atoms with Gasteiger partial charge >= 0.3 is 0 Å². The zero-order valence-electron chi connectivity index (χ0n) is 20.5. The average molecular weight is 482 g/mol. The SMILES string of the molecule is Cc1cc(NC(=O)c2c(C)c(C(=O)C(=O)NC3C4CC5CC(C4)C(O)C3C5)n(C)c2C)ccc1F. The number of ketones is 1. The lowest BCUT2D eigenvalue weighted by atomic mass is 9.53. The van der Waals surface area contributed by atoms with Crippen LogP contribution < -0.4 is 10.6 Å². The molecule has 6 rings (SSSR count). The number of nitrogens with zero attached hydrogens (tertiary/aromatic N) is 1. The van der Waals surface area contributed by atoms with Gasteiger partial charge in [-0.1, -0.05) is 0 Å². The molecule has 4 saturated carbocycles. The fourth-order valence-corrected chi connectivity index (χ4v) is 6.98. The highest BCUT2D eigenvalue weighted by atomic mass is 19.1. The molecule has 4 bridgehead atoms. The van der Waals surface area contributed by atoms with Crippen LogP contribution in [0.1, 0.15) is 63.4 Å². The van der Waals surface area contributed by atoms with Gasteiger partial charge in [0, 0.05) is 30.4 Å². The Morgan fingerprint density at radius 1 is 1.06 bits per heavy atom. The molecule has 4 aliphatic carbocycles. The van der Waals surface area contributed by atoms with Crippen molar-refractivity contribution in [2.45, 2.75) is 58.6 Å². The Bertz CT molecular complexity index is 1240. The molecule has 2 aromatic rings. The van der Waals surface area contributed by atoms with Crippen molar-refractivity contribution in [2.24, 2.45) is 30.7 Å². The molecule has 4 aliphatic rings. The number of aryl methyl sites for hydroxylation is 1. The maximum atomic E-state index is 13.6. The third-order valence-electron chi connectivity index (χ3n) is 8.67. The maximum absolute atomic E-state index is 13.6. The molecule has 0 saturated heterocycles. The average Bonchev–Trinajstić information content (AvgIpc) is 3.03. The first-order valence-corrected chi connectivity index (χ1v) is 12.3. The van der Waals surface area contributed by atoms with Crippen LogP contribution in [0.2, 0.25) is 0 Å². The second kappa shape index (κ2) is 8.59. The van der Waals surface area contributed by atoms with Gasteiger partial charge in [-0.3, -0.25) is 14.4 Å². The lowest BCUT2D eigenvalue weighted by Crippen LogP contribution is -2.62. The van der Waals surface area contributed by atoms with Crippen LogP contribution in [-0.2, 0) is 11.8 Å². The van der Waals surface area contributed by atoms with Crippen molar-refractivity contribution in [3.8, 4) is 0 Å². The highest BCUT2D eigenvalue weighted by molar-refractivity contribution is 6.43. The molecule has 7 nitrogen and oxygen atoms in total. The molecule has 6 atom stereocenters. The molecule has 0 spiro atoms. The quantitative estimate of drug-likeness (QED) is 0.450. The number of rotatable bonds is 5. The largest absolute Gasteiger partial charge is 0.392 e. The minimum Gasteiger partial charge on any atom is -0.392 e. The Balaban J connectivity index is 1.35. The Morgan fingerprint density at radius 2 is 1.77 bits per heavy atom. The Morgan fingerprint density at radius 3 is 2.49 bits per heavy atom. The zero-order valence-corrected chi connectivity index (χ0v) is 20.5. The lowest BCUT2D eigenvalue weighted by Gasteiger charge is -2.56. The van der Waals surface area contributed by atoms with Gasteiger partial charge in [0.25, 0.3) is 17.6 Å². The number of nitrogens with one attached hydrogen (secondary N) is 2. The fourth-order valence-electron chi connectivity index (χ4n) is 6.98. The van der Waals surface area contributed by atoms with E-state index in [1.165, 1.54) is 12.1 Å². The van der Waals surface area contributed by atoms with E-state index in [0.29, 0.717) is 45.8 Å². The Kier molecular flexibility index (Phi) is 5.82. The molecule has 35 heavy (non-hydrogen) atoms. The van der Waals surface area contributed by atoms with Crippen LogP contribution in [0.4, 0.5) is 10.1 Å². The number of aromatic nitrogens is 1. The molecular formula is C27H32FN3O4. The van der Waals surface area contributed by atoms with Crippen LogP contribution in [0.25, 0.3) is 0 Å². The second-order valence-electron chi connectivity index (χ2n) is 10.7. The van der Waals surface area contributed by atoms with Crippen LogP contribution in [0.15, 0.2) is 18.2 Å². The Labute approximate surface area is 204 Å². The molecule has 1 aromatic heterocycles. The van der Waals surface area contributed by atoms with E-state index in [2.05, 4.69) is 10.6 Å². The van der Waals surface area contributed by atoms with Crippen LogP contribution >= 0.6 is 0 Å². The van der Waals surface area contributed by atoms with Gasteiger partial charge in [-0.25, -0.2) is 4.39 Å². The van der Waals surface area contributed by atoms with Crippen molar-refractivity contribution in [1.82, 2.24) is 9.88 Å². The van der Waals surface area contributed by atoms with Crippen molar-refractivity contribution in [1.29, 1.82) is 0 Å². The first kappa shape index (κ1) is 23.7. The van der Waals surface area contributed by atoms with E-state index in [9.17, 15) is 23.9 Å².